The van der Waals surface area contributed by atoms with Gasteiger partial charge in [0.1, 0.15) is 12.4 Å². The van der Waals surface area contributed by atoms with Crippen LogP contribution < -0.4 is 9.46 Å². The summed E-state index contributed by atoms with van der Waals surface area (Å²) in [6, 6.07) is 15.7. The molecule has 0 amide bonds. The van der Waals surface area contributed by atoms with Crippen molar-refractivity contribution in [3.05, 3.63) is 94.5 Å². The molecule has 0 saturated heterocycles. The van der Waals surface area contributed by atoms with E-state index in [1.54, 1.807) is 31.2 Å². The molecule has 0 atom stereocenters. The van der Waals surface area contributed by atoms with Crippen LogP contribution in [-0.4, -0.2) is 26.0 Å². The minimum atomic E-state index is -4.38. The molecule has 0 bridgehead atoms. The van der Waals surface area contributed by atoms with Crippen LogP contribution in [0.3, 0.4) is 0 Å². The van der Waals surface area contributed by atoms with Gasteiger partial charge in [-0.3, -0.25) is 0 Å². The number of hydrogen-bond acceptors (Lipinski definition) is 4. The van der Waals surface area contributed by atoms with Gasteiger partial charge < -0.3 is 9.84 Å². The molecular weight excluding hydrogens is 483 g/mol. The molecule has 3 aromatic carbocycles. The summed E-state index contributed by atoms with van der Waals surface area (Å²) >= 11 is 0. The Hall–Kier alpha value is -3.37. The van der Waals surface area contributed by atoms with Crippen LogP contribution in [0, 0.1) is 0 Å². The van der Waals surface area contributed by atoms with E-state index in [1.807, 2.05) is 0 Å². The lowest BCUT2D eigenvalue weighted by atomic mass is 10.1. The number of rotatable bonds is 10. The zero-order valence-corrected chi connectivity index (χ0v) is 19.6. The van der Waals surface area contributed by atoms with Crippen molar-refractivity contribution in [2.24, 2.45) is 0 Å². The van der Waals surface area contributed by atoms with Crippen LogP contribution in [0.15, 0.2) is 71.6 Å². The third-order valence-electron chi connectivity index (χ3n) is 5.32. The topological polar surface area (TPSA) is 92.7 Å². The van der Waals surface area contributed by atoms with E-state index in [0.29, 0.717) is 29.7 Å². The quantitative estimate of drug-likeness (QED) is 0.386. The van der Waals surface area contributed by atoms with E-state index < -0.39 is 27.7 Å². The standard InChI is InChI=1S/C25H24F3NO5S.H2/c1-2-19-7-12-22(15-23(19)24(30)31)35(32,33)29-14-13-17-5-10-21(11-6-17)34-16-18-3-8-20(9-4-18)25(26,27)28;/h3-12,15,29H,2,13-14,16H2,1H3,(H,30,31);1H. The summed E-state index contributed by atoms with van der Waals surface area (Å²) in [6.45, 7) is 2.00. The fraction of sp³-hybridized carbons (Fsp3) is 0.240. The van der Waals surface area contributed by atoms with Gasteiger partial charge in [-0.25, -0.2) is 17.9 Å². The van der Waals surface area contributed by atoms with E-state index in [2.05, 4.69) is 4.72 Å². The third-order valence-corrected chi connectivity index (χ3v) is 6.78. The Morgan fingerprint density at radius 2 is 1.63 bits per heavy atom. The first kappa shape index (κ1) is 26.2. The number of nitrogens with one attached hydrogen (secondary N) is 1. The van der Waals surface area contributed by atoms with Crippen LogP contribution in [0.2, 0.25) is 0 Å². The molecule has 0 aliphatic heterocycles. The van der Waals surface area contributed by atoms with Crippen molar-refractivity contribution in [2.45, 2.75) is 37.4 Å². The highest BCUT2D eigenvalue weighted by Gasteiger charge is 2.29. The maximum atomic E-state index is 12.6. The van der Waals surface area contributed by atoms with Crippen molar-refractivity contribution in [2.75, 3.05) is 6.54 Å². The van der Waals surface area contributed by atoms with E-state index in [9.17, 15) is 31.5 Å². The summed E-state index contributed by atoms with van der Waals surface area (Å²) in [4.78, 5) is 11.3. The maximum absolute atomic E-state index is 12.6. The molecular formula is C25H26F3NO5S. The van der Waals surface area contributed by atoms with Crippen LogP contribution >= 0.6 is 0 Å². The lowest BCUT2D eigenvalue weighted by Crippen LogP contribution is -2.26. The molecule has 35 heavy (non-hydrogen) atoms. The summed E-state index contributed by atoms with van der Waals surface area (Å²) in [5, 5.41) is 9.31. The lowest BCUT2D eigenvalue weighted by Gasteiger charge is -2.11. The van der Waals surface area contributed by atoms with Crippen molar-refractivity contribution in [3.63, 3.8) is 0 Å². The van der Waals surface area contributed by atoms with Crippen LogP contribution in [-0.2, 0) is 35.6 Å². The number of hydrogen-bond donors (Lipinski definition) is 2. The van der Waals surface area contributed by atoms with Gasteiger partial charge >= 0.3 is 12.1 Å². The van der Waals surface area contributed by atoms with Gasteiger partial charge in [-0.05, 0) is 65.9 Å². The Kier molecular flexibility index (Phi) is 8.18. The smallest absolute Gasteiger partial charge is 0.416 e. The first-order chi connectivity index (χ1) is 16.5. The van der Waals surface area contributed by atoms with Crippen molar-refractivity contribution < 1.29 is 37.7 Å². The SMILES string of the molecule is CCc1ccc(S(=O)(=O)NCCc2ccc(OCc3ccc(C(F)(F)F)cc3)cc2)cc1C(=O)O.[HH]. The van der Waals surface area contributed by atoms with Crippen LogP contribution in [0.25, 0.3) is 0 Å². The fourth-order valence-electron chi connectivity index (χ4n) is 3.35. The van der Waals surface area contributed by atoms with Gasteiger partial charge in [0.2, 0.25) is 10.0 Å². The van der Waals surface area contributed by atoms with Gasteiger partial charge in [0, 0.05) is 7.97 Å². The second-order valence-electron chi connectivity index (χ2n) is 7.75. The Balaban J connectivity index is 0.00000456. The summed E-state index contributed by atoms with van der Waals surface area (Å²) in [5.41, 5.74) is 1.22. The Labute approximate surface area is 202 Å². The van der Waals surface area contributed by atoms with E-state index >= 15 is 0 Å². The molecule has 0 aliphatic carbocycles. The summed E-state index contributed by atoms with van der Waals surface area (Å²) in [6.07, 6.45) is -3.53. The predicted octanol–water partition coefficient (Wildman–Crippen LogP) is 5.31. The number of sulfonamides is 1. The molecule has 2 N–H and O–H groups in total. The number of carbonyl (C=O) groups is 1. The normalized spacial score (nSPS) is 11.9. The first-order valence-electron chi connectivity index (χ1n) is 10.7. The number of benzene rings is 3. The van der Waals surface area contributed by atoms with Crippen molar-refractivity contribution in [1.82, 2.24) is 4.72 Å². The van der Waals surface area contributed by atoms with Crippen LogP contribution in [0.4, 0.5) is 13.2 Å². The zero-order chi connectivity index (χ0) is 25.6. The molecule has 0 unspecified atom stereocenters. The molecule has 0 aliphatic rings. The molecule has 0 aromatic heterocycles. The predicted molar refractivity (Wildman–Crippen MR) is 126 cm³/mol. The molecule has 0 heterocycles. The highest BCUT2D eigenvalue weighted by molar-refractivity contribution is 7.89. The number of ether oxygens (including phenoxy) is 1. The van der Waals surface area contributed by atoms with Crippen LogP contribution in [0.1, 0.15) is 41.0 Å². The minimum absolute atomic E-state index is 0. The molecule has 0 fully saturated rings. The molecule has 0 radical (unpaired) electrons. The highest BCUT2D eigenvalue weighted by Crippen LogP contribution is 2.29. The third kappa shape index (κ3) is 7.06. The van der Waals surface area contributed by atoms with Gasteiger partial charge in [0.25, 0.3) is 0 Å². The van der Waals surface area contributed by atoms with Gasteiger partial charge in [0.05, 0.1) is 16.0 Å². The van der Waals surface area contributed by atoms with Crippen molar-refractivity contribution in [1.29, 1.82) is 0 Å². The largest absolute Gasteiger partial charge is 0.489 e. The number of aryl methyl sites for hydroxylation is 1. The van der Waals surface area contributed by atoms with Crippen molar-refractivity contribution >= 4 is 16.0 Å². The van der Waals surface area contributed by atoms with Gasteiger partial charge in [-0.1, -0.05) is 37.3 Å². The summed E-state index contributed by atoms with van der Waals surface area (Å²) in [7, 11) is -3.88. The molecule has 10 heteroatoms. The highest BCUT2D eigenvalue weighted by atomic mass is 32.2. The lowest BCUT2D eigenvalue weighted by molar-refractivity contribution is -0.137. The zero-order valence-electron chi connectivity index (χ0n) is 18.8. The average Bonchev–Trinajstić information content (AvgIpc) is 2.82. The van der Waals surface area contributed by atoms with Gasteiger partial charge in [-0.2, -0.15) is 13.2 Å². The molecule has 0 saturated carbocycles. The van der Waals surface area contributed by atoms with E-state index in [1.165, 1.54) is 24.3 Å². The number of aromatic carboxylic acids is 1. The summed E-state index contributed by atoms with van der Waals surface area (Å²) < 4.78 is 71.1. The van der Waals surface area contributed by atoms with Crippen molar-refractivity contribution in [3.8, 4) is 5.75 Å². The maximum Gasteiger partial charge on any atom is 0.416 e. The van der Waals surface area contributed by atoms with Crippen LogP contribution in [0.5, 0.6) is 5.75 Å². The molecule has 3 rings (SSSR count). The number of halogens is 3. The van der Waals surface area contributed by atoms with E-state index in [0.717, 1.165) is 23.8 Å². The Morgan fingerprint density at radius 3 is 2.20 bits per heavy atom. The molecule has 6 nitrogen and oxygen atoms in total. The minimum Gasteiger partial charge on any atom is -0.489 e. The monoisotopic (exact) mass is 509 g/mol. The number of carboxylic acids is 1. The molecule has 188 valence electrons. The Bertz CT molecular complexity index is 1280. The molecule has 0 spiro atoms. The average molecular weight is 510 g/mol. The fourth-order valence-corrected chi connectivity index (χ4v) is 4.41. The Morgan fingerprint density at radius 1 is 1.00 bits per heavy atom. The van der Waals surface area contributed by atoms with E-state index in [4.69, 9.17) is 4.74 Å². The second kappa shape index (κ2) is 10.9. The second-order valence-corrected chi connectivity index (χ2v) is 9.52. The first-order valence-corrected chi connectivity index (χ1v) is 12.2. The summed E-state index contributed by atoms with van der Waals surface area (Å²) in [5.74, 6) is -0.661. The van der Waals surface area contributed by atoms with Gasteiger partial charge in [-0.15, -0.1) is 0 Å². The van der Waals surface area contributed by atoms with E-state index in [-0.39, 0.29) is 25.0 Å². The number of carboxylic acid groups (broad SMARTS) is 1. The molecule has 3 aromatic rings. The van der Waals surface area contributed by atoms with Gasteiger partial charge in [0.15, 0.2) is 0 Å². The number of alkyl halides is 3.